The molecular weight excluding hydrogens is 523 g/mol. The van der Waals surface area contributed by atoms with Crippen molar-refractivity contribution in [1.29, 1.82) is 0 Å². The van der Waals surface area contributed by atoms with Gasteiger partial charge in [-0.1, -0.05) is 12.1 Å². The molecule has 2 heterocycles. The molecule has 3 atom stereocenters. The third kappa shape index (κ3) is 6.19. The Labute approximate surface area is 213 Å². The molecule has 2 aliphatic rings. The first-order valence-electron chi connectivity index (χ1n) is 11.6. The molecule has 0 unspecified atom stereocenters. The summed E-state index contributed by atoms with van der Waals surface area (Å²) in [5, 5.41) is 0. The Morgan fingerprint density at radius 2 is 1.66 bits per heavy atom. The maximum atomic E-state index is 13.6. The molecule has 1 saturated heterocycles. The molecule has 5 nitrogen and oxygen atoms in total. The summed E-state index contributed by atoms with van der Waals surface area (Å²) in [5.74, 6) is -1.10. The second kappa shape index (κ2) is 10.7. The predicted molar refractivity (Wildman–Crippen MR) is 121 cm³/mol. The third-order valence-corrected chi connectivity index (χ3v) is 6.54. The molecule has 0 amide bonds. The highest BCUT2D eigenvalue weighted by atomic mass is 19.4. The van der Waals surface area contributed by atoms with E-state index in [1.54, 1.807) is 0 Å². The zero-order valence-corrected chi connectivity index (χ0v) is 20.3. The first-order chi connectivity index (χ1) is 17.8. The van der Waals surface area contributed by atoms with E-state index in [0.717, 1.165) is 5.57 Å². The van der Waals surface area contributed by atoms with Crippen molar-refractivity contribution in [3.05, 3.63) is 76.1 Å². The van der Waals surface area contributed by atoms with Crippen molar-refractivity contribution in [2.75, 3.05) is 33.4 Å². The van der Waals surface area contributed by atoms with Gasteiger partial charge in [-0.15, -0.1) is 0 Å². The molecule has 0 bridgehead atoms. The number of nitrogens with zero attached hydrogens (tertiary/aromatic N) is 1. The van der Waals surface area contributed by atoms with E-state index in [0.29, 0.717) is 36.4 Å². The van der Waals surface area contributed by atoms with Gasteiger partial charge >= 0.3 is 18.3 Å². The lowest BCUT2D eigenvalue weighted by atomic mass is 9.90. The van der Waals surface area contributed by atoms with Crippen molar-refractivity contribution >= 4 is 11.5 Å². The maximum absolute atomic E-state index is 13.6. The van der Waals surface area contributed by atoms with Crippen molar-refractivity contribution in [2.45, 2.75) is 31.7 Å². The summed E-state index contributed by atoms with van der Waals surface area (Å²) in [4.78, 5) is 13.6. The second-order valence-electron chi connectivity index (χ2n) is 9.17. The number of methoxy groups -OCH3 is 1. The van der Waals surface area contributed by atoms with Gasteiger partial charge in [-0.3, -0.25) is 9.69 Å². The van der Waals surface area contributed by atoms with Crippen LogP contribution in [0.2, 0.25) is 0 Å². The van der Waals surface area contributed by atoms with Crippen molar-refractivity contribution in [2.24, 2.45) is 5.92 Å². The number of hydrogen-bond acceptors (Lipinski definition) is 5. The van der Waals surface area contributed by atoms with Crippen LogP contribution in [-0.2, 0) is 31.4 Å². The van der Waals surface area contributed by atoms with E-state index in [9.17, 15) is 35.5 Å². The van der Waals surface area contributed by atoms with Gasteiger partial charge in [0.1, 0.15) is 5.82 Å². The first-order valence-corrected chi connectivity index (χ1v) is 11.6. The van der Waals surface area contributed by atoms with E-state index < -0.39 is 47.7 Å². The summed E-state index contributed by atoms with van der Waals surface area (Å²) in [6, 6.07) is 6.69. The molecule has 38 heavy (non-hydrogen) atoms. The van der Waals surface area contributed by atoms with Gasteiger partial charge in [-0.2, -0.15) is 26.3 Å². The van der Waals surface area contributed by atoms with Crippen LogP contribution in [0.15, 0.2) is 48.0 Å². The van der Waals surface area contributed by atoms with Crippen LogP contribution in [0.1, 0.15) is 35.3 Å². The molecule has 0 spiro atoms. The minimum atomic E-state index is -5.00. The number of hydrogen-bond donors (Lipinski definition) is 0. The van der Waals surface area contributed by atoms with Crippen LogP contribution < -0.4 is 0 Å². The molecule has 2 aromatic rings. The number of fused-ring (bicyclic) bond motifs is 1. The number of carbonyl (C=O) groups excluding carboxylic acids is 1. The van der Waals surface area contributed by atoms with Gasteiger partial charge in [0, 0.05) is 24.6 Å². The monoisotopic (exact) mass is 547 g/mol. The number of esters is 1. The van der Waals surface area contributed by atoms with Crippen LogP contribution in [0.3, 0.4) is 0 Å². The highest BCUT2D eigenvalue weighted by molar-refractivity contribution is 5.74. The summed E-state index contributed by atoms with van der Waals surface area (Å²) in [7, 11) is 1.26. The van der Waals surface area contributed by atoms with Crippen LogP contribution in [0.5, 0.6) is 0 Å². The normalized spacial score (nSPS) is 21.4. The molecule has 12 heteroatoms. The van der Waals surface area contributed by atoms with Crippen LogP contribution in [0.25, 0.3) is 5.57 Å². The van der Waals surface area contributed by atoms with Crippen LogP contribution >= 0.6 is 0 Å². The Morgan fingerprint density at radius 3 is 2.21 bits per heavy atom. The molecule has 0 aromatic heterocycles. The van der Waals surface area contributed by atoms with Gasteiger partial charge in [0.15, 0.2) is 6.29 Å². The molecule has 2 aliphatic heterocycles. The van der Waals surface area contributed by atoms with Crippen molar-refractivity contribution < 1.29 is 49.7 Å². The third-order valence-electron chi connectivity index (χ3n) is 6.54. The van der Waals surface area contributed by atoms with Gasteiger partial charge in [-0.25, -0.2) is 4.39 Å². The van der Waals surface area contributed by atoms with Crippen LogP contribution in [0, 0.1) is 11.7 Å². The number of likely N-dealkylation sites (tertiary alicyclic amines) is 1. The maximum Gasteiger partial charge on any atom is 0.416 e. The summed E-state index contributed by atoms with van der Waals surface area (Å²) < 4.78 is 110. The van der Waals surface area contributed by atoms with Gasteiger partial charge in [-0.05, 0) is 54.0 Å². The lowest BCUT2D eigenvalue weighted by Crippen LogP contribution is -2.32. The quantitative estimate of drug-likeness (QED) is 0.335. The summed E-state index contributed by atoms with van der Waals surface area (Å²) >= 11 is 0. The Kier molecular flexibility index (Phi) is 7.87. The zero-order chi connectivity index (χ0) is 27.8. The SMILES string of the molecule is COC(=O)CN1CC2=C(c3ccc(F)cc3)[C@@H](O[C@H](C)c3cc(C(F)(F)F)cc(C(F)(F)F)c3)OC[C@@H]2C1. The van der Waals surface area contributed by atoms with Crippen LogP contribution in [-0.4, -0.2) is 50.5 Å². The predicted octanol–water partition coefficient (Wildman–Crippen LogP) is 5.86. The molecule has 0 aliphatic carbocycles. The van der Waals surface area contributed by atoms with Crippen molar-refractivity contribution in [1.82, 2.24) is 4.90 Å². The zero-order valence-electron chi connectivity index (χ0n) is 20.3. The van der Waals surface area contributed by atoms with E-state index in [-0.39, 0.29) is 30.7 Å². The topological polar surface area (TPSA) is 48.0 Å². The van der Waals surface area contributed by atoms with Gasteiger partial charge in [0.2, 0.25) is 0 Å². The number of ether oxygens (including phenoxy) is 3. The average Bonchev–Trinajstić information content (AvgIpc) is 3.25. The lowest BCUT2D eigenvalue weighted by Gasteiger charge is -2.33. The fourth-order valence-corrected chi connectivity index (χ4v) is 4.66. The second-order valence-corrected chi connectivity index (χ2v) is 9.17. The Balaban J connectivity index is 1.69. The van der Waals surface area contributed by atoms with Gasteiger partial charge < -0.3 is 14.2 Å². The Morgan fingerprint density at radius 1 is 1.05 bits per heavy atom. The molecule has 0 N–H and O–H groups in total. The number of carbonyl (C=O) groups is 1. The molecule has 1 fully saturated rings. The molecule has 2 aromatic carbocycles. The van der Waals surface area contributed by atoms with Crippen molar-refractivity contribution in [3.8, 4) is 0 Å². The summed E-state index contributed by atoms with van der Waals surface area (Å²) in [5.41, 5.74) is -1.40. The van der Waals surface area contributed by atoms with Crippen molar-refractivity contribution in [3.63, 3.8) is 0 Å². The van der Waals surface area contributed by atoms with Gasteiger partial charge in [0.05, 0.1) is 37.5 Å². The lowest BCUT2D eigenvalue weighted by molar-refractivity contribution is -0.148. The molecule has 0 saturated carbocycles. The Hall–Kier alpha value is -2.96. The highest BCUT2D eigenvalue weighted by Gasteiger charge is 2.40. The van der Waals surface area contributed by atoms with Crippen LogP contribution in [0.4, 0.5) is 30.7 Å². The molecule has 206 valence electrons. The Bertz CT molecular complexity index is 1180. The molecule has 0 radical (unpaired) electrons. The standard InChI is InChI=1S/C26H24F7NO4/c1-14(16-7-18(25(28,29)30)9-19(8-16)26(31,32)33)38-24-23(15-3-5-20(27)6-4-15)21-11-34(12-22(35)36-2)10-17(21)13-37-24/h3-9,14,17,24H,10-13H2,1-2H3/t14-,17+,24-/m1/s1. The van der Waals surface area contributed by atoms with E-state index >= 15 is 0 Å². The largest absolute Gasteiger partial charge is 0.468 e. The fourth-order valence-electron chi connectivity index (χ4n) is 4.66. The minimum Gasteiger partial charge on any atom is -0.468 e. The number of halogens is 7. The highest BCUT2D eigenvalue weighted by Crippen LogP contribution is 2.42. The molecule has 4 rings (SSSR count). The van der Waals surface area contributed by atoms with E-state index in [1.807, 2.05) is 4.90 Å². The fraction of sp³-hybridized carbons (Fsp3) is 0.423. The average molecular weight is 547 g/mol. The minimum absolute atomic E-state index is 0.0135. The summed E-state index contributed by atoms with van der Waals surface area (Å²) in [6.07, 6.45) is -12.4. The number of alkyl halides is 6. The number of benzene rings is 2. The first kappa shape index (κ1) is 28.1. The number of rotatable bonds is 6. The molecular formula is C26H24F7NO4. The summed E-state index contributed by atoms with van der Waals surface area (Å²) in [6.45, 7) is 2.27. The van der Waals surface area contributed by atoms with E-state index in [2.05, 4.69) is 0 Å². The van der Waals surface area contributed by atoms with E-state index in [4.69, 9.17) is 14.2 Å². The van der Waals surface area contributed by atoms with E-state index in [1.165, 1.54) is 38.3 Å². The van der Waals surface area contributed by atoms with Gasteiger partial charge in [0.25, 0.3) is 0 Å². The smallest absolute Gasteiger partial charge is 0.416 e.